The van der Waals surface area contributed by atoms with Crippen LogP contribution in [0.4, 0.5) is 5.82 Å². The Balaban J connectivity index is 0.00000147. The first-order valence-corrected chi connectivity index (χ1v) is 7.83. The maximum absolute atomic E-state index is 4.89. The number of rotatable bonds is 3. The maximum atomic E-state index is 4.89. The largest absolute Gasteiger partial charge is 0.354 e. The molecule has 0 unspecified atom stereocenters. The Morgan fingerprint density at radius 1 is 1.10 bits per heavy atom. The molecule has 3 rings (SSSR count). The number of nitrogens with one attached hydrogen (secondary N) is 1. The quantitative estimate of drug-likeness (QED) is 0.929. The second-order valence-corrected chi connectivity index (χ2v) is 5.93. The predicted molar refractivity (Wildman–Crippen MR) is 86.8 cm³/mol. The molecule has 20 heavy (non-hydrogen) atoms. The van der Waals surface area contributed by atoms with E-state index in [2.05, 4.69) is 28.4 Å². The summed E-state index contributed by atoms with van der Waals surface area (Å²) in [5, 5.41) is 3.40. The van der Waals surface area contributed by atoms with Crippen LogP contribution in [0.15, 0.2) is 18.2 Å². The molecule has 0 bridgehead atoms. The molecule has 1 aromatic heterocycles. The third-order valence-corrected chi connectivity index (χ3v) is 4.46. The SMILES string of the molecule is Cl.c1cc(CC2CCCCC2)nc(N2CCNCC2)c1. The molecule has 0 radical (unpaired) electrons. The normalized spacial score (nSPS) is 20.5. The maximum Gasteiger partial charge on any atom is 0.128 e. The summed E-state index contributed by atoms with van der Waals surface area (Å²) in [5.41, 5.74) is 1.29. The molecule has 1 N–H and O–H groups in total. The Bertz CT molecular complexity index is 398. The fourth-order valence-electron chi connectivity index (χ4n) is 3.34. The van der Waals surface area contributed by atoms with E-state index < -0.39 is 0 Å². The summed E-state index contributed by atoms with van der Waals surface area (Å²) in [6.07, 6.45) is 8.26. The van der Waals surface area contributed by atoms with Crippen molar-refractivity contribution < 1.29 is 0 Å². The standard InChI is InChI=1S/C16H25N3.ClH/c1-2-5-14(6-3-1)13-15-7-4-8-16(18-15)19-11-9-17-10-12-19;/h4,7-8,14,17H,1-3,5-6,9-13H2;1H. The minimum atomic E-state index is 0. The predicted octanol–water partition coefficient (Wildman–Crippen LogP) is 3.04. The third kappa shape index (κ3) is 4.10. The van der Waals surface area contributed by atoms with Gasteiger partial charge in [-0.1, -0.05) is 38.2 Å². The van der Waals surface area contributed by atoms with Crippen molar-refractivity contribution >= 4 is 18.2 Å². The van der Waals surface area contributed by atoms with Crippen molar-refractivity contribution in [2.24, 2.45) is 5.92 Å². The van der Waals surface area contributed by atoms with E-state index in [-0.39, 0.29) is 12.4 Å². The number of anilines is 1. The van der Waals surface area contributed by atoms with E-state index in [1.165, 1.54) is 50.0 Å². The summed E-state index contributed by atoms with van der Waals surface area (Å²) in [5.74, 6) is 2.05. The van der Waals surface area contributed by atoms with Gasteiger partial charge in [-0.2, -0.15) is 0 Å². The highest BCUT2D eigenvalue weighted by molar-refractivity contribution is 5.85. The van der Waals surface area contributed by atoms with Crippen LogP contribution in [-0.4, -0.2) is 31.2 Å². The van der Waals surface area contributed by atoms with Crippen molar-refractivity contribution in [2.45, 2.75) is 38.5 Å². The molecule has 1 aliphatic carbocycles. The van der Waals surface area contributed by atoms with Gasteiger partial charge in [0.25, 0.3) is 0 Å². The van der Waals surface area contributed by atoms with Gasteiger partial charge in [0.05, 0.1) is 0 Å². The van der Waals surface area contributed by atoms with E-state index in [0.29, 0.717) is 0 Å². The summed E-state index contributed by atoms with van der Waals surface area (Å²) in [6.45, 7) is 4.32. The summed E-state index contributed by atoms with van der Waals surface area (Å²) in [4.78, 5) is 7.29. The Morgan fingerprint density at radius 3 is 2.60 bits per heavy atom. The zero-order chi connectivity index (χ0) is 12.9. The highest BCUT2D eigenvalue weighted by atomic mass is 35.5. The van der Waals surface area contributed by atoms with Gasteiger partial charge in [0.2, 0.25) is 0 Å². The van der Waals surface area contributed by atoms with E-state index in [0.717, 1.165) is 32.1 Å². The first-order chi connectivity index (χ1) is 9.42. The van der Waals surface area contributed by atoms with Crippen LogP contribution in [0.2, 0.25) is 0 Å². The molecule has 2 fully saturated rings. The van der Waals surface area contributed by atoms with Crippen molar-refractivity contribution in [1.82, 2.24) is 10.3 Å². The fraction of sp³-hybridized carbons (Fsp3) is 0.688. The summed E-state index contributed by atoms with van der Waals surface area (Å²) >= 11 is 0. The van der Waals surface area contributed by atoms with E-state index in [9.17, 15) is 0 Å². The van der Waals surface area contributed by atoms with Gasteiger partial charge < -0.3 is 10.2 Å². The van der Waals surface area contributed by atoms with E-state index >= 15 is 0 Å². The highest BCUT2D eigenvalue weighted by Crippen LogP contribution is 2.26. The molecule has 4 heteroatoms. The van der Waals surface area contributed by atoms with Gasteiger partial charge in [0.1, 0.15) is 5.82 Å². The zero-order valence-corrected chi connectivity index (χ0v) is 13.0. The van der Waals surface area contributed by atoms with Crippen LogP contribution in [0.3, 0.4) is 0 Å². The molecule has 3 nitrogen and oxygen atoms in total. The van der Waals surface area contributed by atoms with Crippen LogP contribution in [-0.2, 0) is 6.42 Å². The Hall–Kier alpha value is -0.800. The lowest BCUT2D eigenvalue weighted by atomic mass is 9.86. The molecule has 1 aromatic rings. The van der Waals surface area contributed by atoms with Gasteiger partial charge in [0, 0.05) is 31.9 Å². The third-order valence-electron chi connectivity index (χ3n) is 4.46. The van der Waals surface area contributed by atoms with Gasteiger partial charge in [-0.3, -0.25) is 0 Å². The number of halogens is 1. The molecule has 1 aliphatic heterocycles. The molecular formula is C16H26ClN3. The average molecular weight is 296 g/mol. The monoisotopic (exact) mass is 295 g/mol. The molecule has 1 saturated heterocycles. The lowest BCUT2D eigenvalue weighted by molar-refractivity contribution is 0.354. The van der Waals surface area contributed by atoms with E-state index in [1.807, 2.05) is 0 Å². The Morgan fingerprint density at radius 2 is 1.85 bits per heavy atom. The van der Waals surface area contributed by atoms with Crippen molar-refractivity contribution in [3.05, 3.63) is 23.9 Å². The molecule has 0 amide bonds. The smallest absolute Gasteiger partial charge is 0.128 e. The van der Waals surface area contributed by atoms with Crippen LogP contribution >= 0.6 is 12.4 Å². The molecule has 112 valence electrons. The molecule has 0 aromatic carbocycles. The number of nitrogens with zero attached hydrogens (tertiary/aromatic N) is 2. The van der Waals surface area contributed by atoms with Gasteiger partial charge in [0.15, 0.2) is 0 Å². The van der Waals surface area contributed by atoms with Crippen LogP contribution in [0.25, 0.3) is 0 Å². The van der Waals surface area contributed by atoms with Crippen LogP contribution in [0.5, 0.6) is 0 Å². The molecule has 0 spiro atoms. The number of aromatic nitrogens is 1. The van der Waals surface area contributed by atoms with Gasteiger partial charge in [-0.25, -0.2) is 4.98 Å². The fourth-order valence-corrected chi connectivity index (χ4v) is 3.34. The van der Waals surface area contributed by atoms with Crippen LogP contribution in [0.1, 0.15) is 37.8 Å². The summed E-state index contributed by atoms with van der Waals surface area (Å²) < 4.78 is 0. The van der Waals surface area contributed by atoms with Gasteiger partial charge >= 0.3 is 0 Å². The number of hydrogen-bond acceptors (Lipinski definition) is 3. The minimum absolute atomic E-state index is 0. The van der Waals surface area contributed by atoms with Crippen LogP contribution < -0.4 is 10.2 Å². The average Bonchev–Trinajstić information content (AvgIpc) is 2.49. The first-order valence-electron chi connectivity index (χ1n) is 7.83. The number of piperazine rings is 1. The molecule has 2 aliphatic rings. The number of hydrogen-bond donors (Lipinski definition) is 1. The number of pyridine rings is 1. The first kappa shape index (κ1) is 15.6. The Kier molecular flexibility index (Phi) is 6.11. The molecule has 1 saturated carbocycles. The van der Waals surface area contributed by atoms with Crippen molar-refractivity contribution in [1.29, 1.82) is 0 Å². The molecule has 0 atom stereocenters. The molecule has 2 heterocycles. The van der Waals surface area contributed by atoms with E-state index in [4.69, 9.17) is 4.98 Å². The second kappa shape index (κ2) is 7.84. The highest BCUT2D eigenvalue weighted by Gasteiger charge is 2.16. The van der Waals surface area contributed by atoms with Gasteiger partial charge in [-0.15, -0.1) is 12.4 Å². The summed E-state index contributed by atoms with van der Waals surface area (Å²) in [6, 6.07) is 6.55. The van der Waals surface area contributed by atoms with E-state index in [1.54, 1.807) is 0 Å². The molecular weight excluding hydrogens is 270 g/mol. The topological polar surface area (TPSA) is 28.2 Å². The zero-order valence-electron chi connectivity index (χ0n) is 12.2. The van der Waals surface area contributed by atoms with Gasteiger partial charge in [-0.05, 0) is 24.5 Å². The second-order valence-electron chi connectivity index (χ2n) is 5.93. The minimum Gasteiger partial charge on any atom is -0.354 e. The lowest BCUT2D eigenvalue weighted by Crippen LogP contribution is -2.43. The summed E-state index contributed by atoms with van der Waals surface area (Å²) in [7, 11) is 0. The lowest BCUT2D eigenvalue weighted by Gasteiger charge is -2.29. The van der Waals surface area contributed by atoms with Crippen molar-refractivity contribution in [3.8, 4) is 0 Å². The Labute approximate surface area is 128 Å². The van der Waals surface area contributed by atoms with Crippen molar-refractivity contribution in [3.63, 3.8) is 0 Å². The van der Waals surface area contributed by atoms with Crippen LogP contribution in [0, 0.1) is 5.92 Å². The van der Waals surface area contributed by atoms with Crippen molar-refractivity contribution in [2.75, 3.05) is 31.1 Å².